The smallest absolute Gasteiger partial charge is 0.251 e. The number of aromatic nitrogens is 4. The van der Waals surface area contributed by atoms with Crippen LogP contribution >= 0.6 is 11.8 Å². The van der Waals surface area contributed by atoms with E-state index in [2.05, 4.69) is 55.3 Å². The minimum Gasteiger partial charge on any atom is -0.379 e. The van der Waals surface area contributed by atoms with Gasteiger partial charge in [0.25, 0.3) is 5.91 Å². The molecular weight excluding hydrogens is 466 g/mol. The fourth-order valence-corrected chi connectivity index (χ4v) is 4.34. The molecular formula is C24H29N7O3S. The van der Waals surface area contributed by atoms with E-state index in [4.69, 9.17) is 4.74 Å². The van der Waals surface area contributed by atoms with Crippen molar-refractivity contribution >= 4 is 29.3 Å². The van der Waals surface area contributed by atoms with Crippen LogP contribution in [-0.4, -0.2) is 75.5 Å². The number of tetrazole rings is 1. The van der Waals surface area contributed by atoms with Crippen LogP contribution in [-0.2, 0) is 16.6 Å². The molecule has 0 saturated carbocycles. The van der Waals surface area contributed by atoms with Gasteiger partial charge in [-0.25, -0.2) is 4.68 Å². The van der Waals surface area contributed by atoms with Crippen molar-refractivity contribution in [3.8, 4) is 0 Å². The van der Waals surface area contributed by atoms with Crippen molar-refractivity contribution in [1.82, 2.24) is 30.4 Å². The molecule has 1 saturated heterocycles. The fraction of sp³-hybridized carbons (Fsp3) is 0.375. The zero-order chi connectivity index (χ0) is 24.6. The predicted molar refractivity (Wildman–Crippen MR) is 133 cm³/mol. The molecule has 1 aliphatic rings. The molecule has 0 aliphatic carbocycles. The van der Waals surface area contributed by atoms with E-state index in [0.29, 0.717) is 36.2 Å². The van der Waals surface area contributed by atoms with Crippen LogP contribution in [0.5, 0.6) is 0 Å². The maximum Gasteiger partial charge on any atom is 0.251 e. The lowest BCUT2D eigenvalue weighted by Gasteiger charge is -2.31. The quantitative estimate of drug-likeness (QED) is 0.434. The highest BCUT2D eigenvalue weighted by Gasteiger charge is 2.21. The summed E-state index contributed by atoms with van der Waals surface area (Å²) in [6, 6.07) is 15.0. The standard InChI is InChI=1S/C24H29N7O3S/c1-17-3-5-18(6-4-17)21(15-31-11-13-34-14-12-31)26-23(33)19-7-9-20(10-8-19)25-22(32)16-35-24-27-28-29-30(24)2/h3-10,21H,11-16H2,1-2H3,(H,25,32)(H,26,33)/t21-/m0/s1. The van der Waals surface area contributed by atoms with Gasteiger partial charge in [0.15, 0.2) is 0 Å². The number of thioether (sulfide) groups is 1. The van der Waals surface area contributed by atoms with Gasteiger partial charge in [0.1, 0.15) is 0 Å². The molecule has 11 heteroatoms. The van der Waals surface area contributed by atoms with Gasteiger partial charge in [-0.3, -0.25) is 14.5 Å². The van der Waals surface area contributed by atoms with Crippen LogP contribution in [0.1, 0.15) is 27.5 Å². The van der Waals surface area contributed by atoms with E-state index in [1.165, 1.54) is 22.0 Å². The van der Waals surface area contributed by atoms with Crippen LogP contribution in [0.15, 0.2) is 53.7 Å². The predicted octanol–water partition coefficient (Wildman–Crippen LogP) is 2.05. The summed E-state index contributed by atoms with van der Waals surface area (Å²) in [6.07, 6.45) is 0. The van der Waals surface area contributed by atoms with Gasteiger partial charge < -0.3 is 15.4 Å². The van der Waals surface area contributed by atoms with Crippen molar-refractivity contribution in [3.63, 3.8) is 0 Å². The second-order valence-corrected chi connectivity index (χ2v) is 9.29. The molecule has 0 radical (unpaired) electrons. The maximum absolute atomic E-state index is 13.1. The first-order chi connectivity index (χ1) is 17.0. The summed E-state index contributed by atoms with van der Waals surface area (Å²) in [6.45, 7) is 5.86. The van der Waals surface area contributed by atoms with Gasteiger partial charge in [0.2, 0.25) is 11.1 Å². The van der Waals surface area contributed by atoms with Crippen LogP contribution in [0, 0.1) is 6.92 Å². The number of carbonyl (C=O) groups is 2. The van der Waals surface area contributed by atoms with Crippen molar-refractivity contribution < 1.29 is 14.3 Å². The van der Waals surface area contributed by atoms with Crippen LogP contribution in [0.3, 0.4) is 0 Å². The molecule has 2 amide bonds. The normalized spacial score (nSPS) is 14.9. The number of benzene rings is 2. The molecule has 184 valence electrons. The van der Waals surface area contributed by atoms with Gasteiger partial charge in [0.05, 0.1) is 25.0 Å². The summed E-state index contributed by atoms with van der Waals surface area (Å²) in [7, 11) is 1.72. The molecule has 35 heavy (non-hydrogen) atoms. The zero-order valence-corrected chi connectivity index (χ0v) is 20.6. The Hall–Kier alpha value is -3.28. The Bertz CT molecular complexity index is 1130. The number of ether oxygens (including phenoxy) is 1. The van der Waals surface area contributed by atoms with E-state index in [1.807, 2.05) is 6.92 Å². The molecule has 0 unspecified atom stereocenters. The number of carbonyl (C=O) groups excluding carboxylic acids is 2. The maximum atomic E-state index is 13.1. The second-order valence-electron chi connectivity index (χ2n) is 8.35. The fourth-order valence-electron chi connectivity index (χ4n) is 3.69. The Morgan fingerprint density at radius 3 is 2.46 bits per heavy atom. The van der Waals surface area contributed by atoms with Gasteiger partial charge in [-0.1, -0.05) is 41.6 Å². The van der Waals surface area contributed by atoms with Crippen molar-refractivity contribution in [3.05, 3.63) is 65.2 Å². The van der Waals surface area contributed by atoms with E-state index in [9.17, 15) is 9.59 Å². The van der Waals surface area contributed by atoms with Gasteiger partial charge >= 0.3 is 0 Å². The van der Waals surface area contributed by atoms with Crippen LogP contribution < -0.4 is 10.6 Å². The number of nitrogens with one attached hydrogen (secondary N) is 2. The molecule has 1 aliphatic heterocycles. The largest absolute Gasteiger partial charge is 0.379 e. The van der Waals surface area contributed by atoms with Crippen LogP contribution in [0.25, 0.3) is 0 Å². The Labute approximate surface area is 208 Å². The third-order valence-corrected chi connectivity index (χ3v) is 6.68. The number of morpholine rings is 1. The number of aryl methyl sites for hydroxylation is 2. The van der Waals surface area contributed by atoms with Gasteiger partial charge in [0, 0.05) is 37.9 Å². The summed E-state index contributed by atoms with van der Waals surface area (Å²) in [5.74, 6) is -0.164. The molecule has 4 rings (SSSR count). The lowest BCUT2D eigenvalue weighted by molar-refractivity contribution is -0.113. The van der Waals surface area contributed by atoms with Crippen molar-refractivity contribution in [2.45, 2.75) is 18.1 Å². The summed E-state index contributed by atoms with van der Waals surface area (Å²) >= 11 is 1.25. The molecule has 2 N–H and O–H groups in total. The van der Waals surface area contributed by atoms with E-state index >= 15 is 0 Å². The van der Waals surface area contributed by atoms with Gasteiger partial charge in [-0.05, 0) is 47.2 Å². The molecule has 1 aromatic heterocycles. The highest BCUT2D eigenvalue weighted by Crippen LogP contribution is 2.19. The number of hydrogen-bond donors (Lipinski definition) is 2. The van der Waals surface area contributed by atoms with E-state index in [-0.39, 0.29) is 23.6 Å². The summed E-state index contributed by atoms with van der Waals surface area (Å²) in [4.78, 5) is 27.6. The topological polar surface area (TPSA) is 114 Å². The molecule has 0 bridgehead atoms. The van der Waals surface area contributed by atoms with Crippen LogP contribution in [0.2, 0.25) is 0 Å². The number of anilines is 1. The van der Waals surface area contributed by atoms with E-state index in [0.717, 1.165) is 18.7 Å². The molecule has 1 fully saturated rings. The number of hydrogen-bond acceptors (Lipinski definition) is 8. The molecule has 10 nitrogen and oxygen atoms in total. The second kappa shape index (κ2) is 11.9. The number of rotatable bonds is 9. The summed E-state index contributed by atoms with van der Waals surface area (Å²) in [5.41, 5.74) is 3.39. The Kier molecular flexibility index (Phi) is 8.45. The van der Waals surface area contributed by atoms with Gasteiger partial charge in [-0.15, -0.1) is 5.10 Å². The molecule has 0 spiro atoms. The average Bonchev–Trinajstić information content (AvgIpc) is 3.28. The first-order valence-electron chi connectivity index (χ1n) is 11.4. The third-order valence-electron chi connectivity index (χ3n) is 5.67. The monoisotopic (exact) mass is 495 g/mol. The number of amides is 2. The Morgan fingerprint density at radius 1 is 1.09 bits per heavy atom. The van der Waals surface area contributed by atoms with Gasteiger partial charge in [-0.2, -0.15) is 0 Å². The average molecular weight is 496 g/mol. The minimum absolute atomic E-state index is 0.146. The molecule has 2 aromatic carbocycles. The zero-order valence-electron chi connectivity index (χ0n) is 19.8. The van der Waals surface area contributed by atoms with E-state index < -0.39 is 0 Å². The minimum atomic E-state index is -0.180. The first kappa shape index (κ1) is 24.8. The first-order valence-corrected chi connectivity index (χ1v) is 12.4. The summed E-state index contributed by atoms with van der Waals surface area (Å²) < 4.78 is 6.97. The SMILES string of the molecule is Cc1ccc([C@H](CN2CCOCC2)NC(=O)c2ccc(NC(=O)CSc3nnnn3C)cc2)cc1. The molecule has 3 aromatic rings. The third kappa shape index (κ3) is 7.10. The highest BCUT2D eigenvalue weighted by molar-refractivity contribution is 7.99. The lowest BCUT2D eigenvalue weighted by atomic mass is 10.0. The number of nitrogens with zero attached hydrogens (tertiary/aromatic N) is 5. The Balaban J connectivity index is 1.36. The lowest BCUT2D eigenvalue weighted by Crippen LogP contribution is -2.43. The molecule has 1 atom stereocenters. The summed E-state index contributed by atoms with van der Waals surface area (Å²) in [5, 5.41) is 17.7. The molecule has 2 heterocycles. The van der Waals surface area contributed by atoms with E-state index in [1.54, 1.807) is 31.3 Å². The van der Waals surface area contributed by atoms with Crippen LogP contribution in [0.4, 0.5) is 5.69 Å². The highest BCUT2D eigenvalue weighted by atomic mass is 32.2. The van der Waals surface area contributed by atoms with Crippen molar-refractivity contribution in [2.24, 2.45) is 7.05 Å². The van der Waals surface area contributed by atoms with Crippen molar-refractivity contribution in [1.29, 1.82) is 0 Å². The van der Waals surface area contributed by atoms with Crippen molar-refractivity contribution in [2.75, 3.05) is 43.9 Å². The Morgan fingerprint density at radius 2 is 1.80 bits per heavy atom.